The molecule has 192 valence electrons. The first-order chi connectivity index (χ1) is 16.2. The highest BCUT2D eigenvalue weighted by Crippen LogP contribution is 2.33. The van der Waals surface area contributed by atoms with E-state index in [0.717, 1.165) is 29.2 Å². The molecule has 0 saturated heterocycles. The zero-order valence-electron chi connectivity index (χ0n) is 18.8. The van der Waals surface area contributed by atoms with Crippen LogP contribution in [0.5, 0.6) is 5.75 Å². The lowest BCUT2D eigenvalue weighted by atomic mass is 10.1. The van der Waals surface area contributed by atoms with E-state index in [1.807, 2.05) is 13.8 Å². The molecular formula is C23H23ClF6N2O3. The van der Waals surface area contributed by atoms with E-state index < -0.39 is 41.5 Å². The van der Waals surface area contributed by atoms with Gasteiger partial charge in [0, 0.05) is 24.3 Å². The molecule has 12 heteroatoms. The SMILES string of the molecule is CC(C)CCN(C(=O)CCl)c1cc(C(=O)NCc2ccc(OC(F)(F)F)cc2)cc(C(F)(F)F)c1. The predicted octanol–water partition coefficient (Wildman–Crippen LogP) is 6.15. The Morgan fingerprint density at radius 1 is 1.03 bits per heavy atom. The number of carbonyl (C=O) groups excluding carboxylic acids is 2. The van der Waals surface area contributed by atoms with E-state index in [0.29, 0.717) is 18.1 Å². The molecule has 0 fully saturated rings. The summed E-state index contributed by atoms with van der Waals surface area (Å²) in [5.74, 6) is -2.24. The van der Waals surface area contributed by atoms with Gasteiger partial charge in [-0.25, -0.2) is 0 Å². The van der Waals surface area contributed by atoms with Crippen molar-refractivity contribution >= 4 is 29.1 Å². The standard InChI is InChI=1S/C23H23ClF6N2O3/c1-14(2)7-8-32(20(33)12-24)18-10-16(9-17(11-18)22(25,26)27)21(34)31-13-15-3-5-19(6-4-15)35-23(28,29)30/h3-6,9-11,14H,7-8,12-13H2,1-2H3,(H,31,34). The number of halogens is 7. The highest BCUT2D eigenvalue weighted by Gasteiger charge is 2.33. The molecule has 0 aromatic heterocycles. The number of nitrogens with one attached hydrogen (secondary N) is 1. The average molecular weight is 525 g/mol. The zero-order chi connectivity index (χ0) is 26.4. The Hall–Kier alpha value is -2.95. The number of nitrogens with zero attached hydrogens (tertiary/aromatic N) is 1. The van der Waals surface area contributed by atoms with Crippen molar-refractivity contribution < 1.29 is 40.7 Å². The Kier molecular flexibility index (Phi) is 9.42. The van der Waals surface area contributed by atoms with E-state index in [9.17, 15) is 35.9 Å². The van der Waals surface area contributed by atoms with Crippen molar-refractivity contribution in [2.45, 2.75) is 39.4 Å². The number of alkyl halides is 7. The minimum Gasteiger partial charge on any atom is -0.406 e. The number of carbonyl (C=O) groups is 2. The fraction of sp³-hybridized carbons (Fsp3) is 0.391. The topological polar surface area (TPSA) is 58.6 Å². The molecule has 0 heterocycles. The molecule has 0 saturated carbocycles. The van der Waals surface area contributed by atoms with Gasteiger partial charge in [0.15, 0.2) is 0 Å². The molecule has 0 radical (unpaired) electrons. The van der Waals surface area contributed by atoms with Crippen LogP contribution in [0.2, 0.25) is 0 Å². The number of hydrogen-bond donors (Lipinski definition) is 1. The monoisotopic (exact) mass is 524 g/mol. The summed E-state index contributed by atoms with van der Waals surface area (Å²) < 4.78 is 81.1. The van der Waals surface area contributed by atoms with Gasteiger partial charge in [0.1, 0.15) is 11.6 Å². The minimum absolute atomic E-state index is 0.109. The summed E-state index contributed by atoms with van der Waals surface area (Å²) in [6.07, 6.45) is -9.15. The van der Waals surface area contributed by atoms with Crippen LogP contribution < -0.4 is 15.0 Å². The molecule has 0 unspecified atom stereocenters. The van der Waals surface area contributed by atoms with Crippen molar-refractivity contribution in [1.29, 1.82) is 0 Å². The molecular weight excluding hydrogens is 502 g/mol. The van der Waals surface area contributed by atoms with E-state index in [4.69, 9.17) is 11.6 Å². The van der Waals surface area contributed by atoms with Gasteiger partial charge in [-0.05, 0) is 48.2 Å². The lowest BCUT2D eigenvalue weighted by molar-refractivity contribution is -0.274. The van der Waals surface area contributed by atoms with Crippen molar-refractivity contribution in [2.24, 2.45) is 5.92 Å². The highest BCUT2D eigenvalue weighted by molar-refractivity contribution is 6.29. The lowest BCUT2D eigenvalue weighted by Crippen LogP contribution is -2.34. The van der Waals surface area contributed by atoms with Crippen molar-refractivity contribution in [3.05, 3.63) is 59.2 Å². The number of hydrogen-bond acceptors (Lipinski definition) is 3. The van der Waals surface area contributed by atoms with Crippen LogP contribution in [0.4, 0.5) is 32.0 Å². The Balaban J connectivity index is 2.27. The fourth-order valence-electron chi connectivity index (χ4n) is 3.01. The van der Waals surface area contributed by atoms with Crippen LogP contribution in [0.15, 0.2) is 42.5 Å². The summed E-state index contributed by atoms with van der Waals surface area (Å²) in [5, 5.41) is 2.42. The Morgan fingerprint density at radius 3 is 2.17 bits per heavy atom. The summed E-state index contributed by atoms with van der Waals surface area (Å²) in [6.45, 7) is 3.71. The van der Waals surface area contributed by atoms with E-state index in [-0.39, 0.29) is 30.3 Å². The van der Waals surface area contributed by atoms with Gasteiger partial charge in [-0.2, -0.15) is 13.2 Å². The molecule has 2 aromatic carbocycles. The maximum atomic E-state index is 13.5. The normalized spacial score (nSPS) is 11.9. The largest absolute Gasteiger partial charge is 0.573 e. The van der Waals surface area contributed by atoms with Crippen molar-refractivity contribution in [1.82, 2.24) is 5.32 Å². The first kappa shape index (κ1) is 28.3. The Bertz CT molecular complexity index is 1020. The molecule has 2 rings (SSSR count). The molecule has 2 aromatic rings. The quantitative estimate of drug-likeness (QED) is 0.316. The lowest BCUT2D eigenvalue weighted by Gasteiger charge is -2.24. The smallest absolute Gasteiger partial charge is 0.406 e. The molecule has 0 atom stereocenters. The van der Waals surface area contributed by atoms with Crippen LogP contribution in [-0.2, 0) is 17.5 Å². The number of anilines is 1. The van der Waals surface area contributed by atoms with Crippen LogP contribution in [0.25, 0.3) is 0 Å². The summed E-state index contributed by atoms with van der Waals surface area (Å²) >= 11 is 5.64. The number of rotatable bonds is 9. The van der Waals surface area contributed by atoms with Gasteiger partial charge in [-0.15, -0.1) is 24.8 Å². The second-order valence-corrected chi connectivity index (χ2v) is 8.27. The summed E-state index contributed by atoms with van der Waals surface area (Å²) in [5.41, 5.74) is -1.20. The van der Waals surface area contributed by atoms with Gasteiger partial charge in [0.2, 0.25) is 5.91 Å². The van der Waals surface area contributed by atoms with Crippen LogP contribution in [0.3, 0.4) is 0 Å². The highest BCUT2D eigenvalue weighted by atomic mass is 35.5. The summed E-state index contributed by atoms with van der Waals surface area (Å²) in [4.78, 5) is 26.1. The third-order valence-corrected chi connectivity index (χ3v) is 5.00. The van der Waals surface area contributed by atoms with Gasteiger partial charge in [-0.1, -0.05) is 26.0 Å². The van der Waals surface area contributed by atoms with Crippen molar-refractivity contribution in [3.8, 4) is 5.75 Å². The van der Waals surface area contributed by atoms with E-state index in [1.54, 1.807) is 0 Å². The van der Waals surface area contributed by atoms with Crippen LogP contribution in [0.1, 0.15) is 41.8 Å². The van der Waals surface area contributed by atoms with Crippen LogP contribution >= 0.6 is 11.6 Å². The van der Waals surface area contributed by atoms with Crippen LogP contribution in [0, 0.1) is 5.92 Å². The second-order valence-electron chi connectivity index (χ2n) is 8.00. The predicted molar refractivity (Wildman–Crippen MR) is 118 cm³/mol. The van der Waals surface area contributed by atoms with Crippen molar-refractivity contribution in [3.63, 3.8) is 0 Å². The molecule has 0 aliphatic carbocycles. The van der Waals surface area contributed by atoms with Gasteiger partial charge in [0.25, 0.3) is 5.91 Å². The summed E-state index contributed by atoms with van der Waals surface area (Å²) in [6, 6.07) is 7.22. The van der Waals surface area contributed by atoms with Gasteiger partial charge in [-0.3, -0.25) is 9.59 Å². The molecule has 0 spiro atoms. The van der Waals surface area contributed by atoms with Crippen molar-refractivity contribution in [2.75, 3.05) is 17.3 Å². The van der Waals surface area contributed by atoms with Gasteiger partial charge >= 0.3 is 12.5 Å². The minimum atomic E-state index is -4.86. The molecule has 5 nitrogen and oxygen atoms in total. The molecule has 35 heavy (non-hydrogen) atoms. The third-order valence-electron chi connectivity index (χ3n) is 4.77. The first-order valence-electron chi connectivity index (χ1n) is 10.4. The molecule has 0 aliphatic heterocycles. The number of benzene rings is 2. The summed E-state index contributed by atoms with van der Waals surface area (Å²) in [7, 11) is 0. The molecule has 1 N–H and O–H groups in total. The number of ether oxygens (including phenoxy) is 1. The third kappa shape index (κ3) is 8.97. The maximum absolute atomic E-state index is 13.5. The molecule has 2 amide bonds. The zero-order valence-corrected chi connectivity index (χ0v) is 19.5. The first-order valence-corrected chi connectivity index (χ1v) is 10.9. The number of amides is 2. The van der Waals surface area contributed by atoms with E-state index >= 15 is 0 Å². The Morgan fingerprint density at radius 2 is 1.66 bits per heavy atom. The van der Waals surface area contributed by atoms with Crippen LogP contribution in [-0.4, -0.2) is 30.6 Å². The van der Waals surface area contributed by atoms with E-state index in [2.05, 4.69) is 10.1 Å². The second kappa shape index (κ2) is 11.7. The molecule has 0 aliphatic rings. The Labute approximate surface area is 203 Å². The van der Waals surface area contributed by atoms with Gasteiger partial charge in [0.05, 0.1) is 5.56 Å². The van der Waals surface area contributed by atoms with E-state index in [1.165, 1.54) is 12.1 Å². The molecule has 0 bridgehead atoms. The van der Waals surface area contributed by atoms with Gasteiger partial charge < -0.3 is 15.0 Å². The maximum Gasteiger partial charge on any atom is 0.573 e. The fourth-order valence-corrected chi connectivity index (χ4v) is 3.16. The average Bonchev–Trinajstić information content (AvgIpc) is 2.76.